The maximum absolute atomic E-state index is 10.0. The maximum Gasteiger partial charge on any atom is 0.404 e. The molecule has 1 aromatic heterocycles. The third-order valence-corrected chi connectivity index (χ3v) is 1.19. The van der Waals surface area contributed by atoms with Gasteiger partial charge in [0, 0.05) is 13.2 Å². The largest absolute Gasteiger partial charge is 0.465 e. The van der Waals surface area contributed by atoms with Crippen LogP contribution in [0.25, 0.3) is 0 Å². The zero-order valence-electron chi connectivity index (χ0n) is 6.11. The Morgan fingerprint density at radius 3 is 3.09 bits per heavy atom. The number of nitrogens with zero attached hydrogens (tertiary/aromatic N) is 2. The van der Waals surface area contributed by atoms with Gasteiger partial charge in [-0.3, -0.25) is 4.68 Å². The molecule has 0 saturated carbocycles. The highest BCUT2D eigenvalue weighted by molar-refractivity contribution is 5.64. The van der Waals surface area contributed by atoms with Crippen LogP contribution >= 0.6 is 0 Å². The van der Waals surface area contributed by atoms with E-state index < -0.39 is 6.09 Å². The fourth-order valence-electron chi connectivity index (χ4n) is 0.724. The molecule has 0 saturated heterocycles. The predicted molar refractivity (Wildman–Crippen MR) is 38.1 cm³/mol. The molecule has 60 valence electrons. The summed E-state index contributed by atoms with van der Waals surface area (Å²) in [5.41, 5.74) is 0.718. The summed E-state index contributed by atoms with van der Waals surface area (Å²) in [7, 11) is 1.78. The van der Waals surface area contributed by atoms with Gasteiger partial charge in [0.25, 0.3) is 0 Å². The van der Waals surface area contributed by atoms with Crippen molar-refractivity contribution in [2.45, 2.75) is 6.54 Å². The summed E-state index contributed by atoms with van der Waals surface area (Å²) < 4.78 is 1.62. The van der Waals surface area contributed by atoms with Crippen LogP contribution in [0.15, 0.2) is 12.3 Å². The maximum atomic E-state index is 10.0. The van der Waals surface area contributed by atoms with Crippen molar-refractivity contribution in [1.82, 2.24) is 15.1 Å². The molecule has 0 fully saturated rings. The Kier molecular flexibility index (Phi) is 2.10. The summed E-state index contributed by atoms with van der Waals surface area (Å²) >= 11 is 0. The average Bonchev–Trinajstić information content (AvgIpc) is 2.31. The van der Waals surface area contributed by atoms with Crippen molar-refractivity contribution in [2.24, 2.45) is 7.05 Å². The topological polar surface area (TPSA) is 67.2 Å². The Balaban J connectivity index is 2.45. The van der Waals surface area contributed by atoms with Crippen LogP contribution in [0, 0.1) is 0 Å². The van der Waals surface area contributed by atoms with Crippen molar-refractivity contribution in [3.63, 3.8) is 0 Å². The highest BCUT2D eigenvalue weighted by Crippen LogP contribution is 1.91. The van der Waals surface area contributed by atoms with Crippen molar-refractivity contribution in [1.29, 1.82) is 0 Å². The van der Waals surface area contributed by atoms with Gasteiger partial charge in [0.15, 0.2) is 0 Å². The van der Waals surface area contributed by atoms with E-state index in [1.807, 2.05) is 0 Å². The van der Waals surface area contributed by atoms with Crippen molar-refractivity contribution < 1.29 is 9.90 Å². The molecule has 1 aromatic rings. The van der Waals surface area contributed by atoms with Gasteiger partial charge in [-0.05, 0) is 6.07 Å². The second-order valence-electron chi connectivity index (χ2n) is 2.14. The summed E-state index contributed by atoms with van der Waals surface area (Å²) in [4.78, 5) is 10.0. The van der Waals surface area contributed by atoms with E-state index in [4.69, 9.17) is 5.11 Å². The molecule has 0 aliphatic rings. The van der Waals surface area contributed by atoms with Crippen molar-refractivity contribution >= 4 is 6.09 Å². The van der Waals surface area contributed by atoms with Crippen LogP contribution < -0.4 is 5.32 Å². The summed E-state index contributed by atoms with van der Waals surface area (Å²) in [5.74, 6) is 0. The molecular weight excluding hydrogens is 146 g/mol. The SMILES string of the molecule is Cn1ccc(CNC(=O)O)n1. The second-order valence-corrected chi connectivity index (χ2v) is 2.14. The lowest BCUT2D eigenvalue weighted by molar-refractivity contribution is 0.194. The average molecular weight is 155 g/mol. The number of rotatable bonds is 2. The molecule has 0 atom stereocenters. The molecule has 1 rings (SSSR count). The Morgan fingerprint density at radius 1 is 1.91 bits per heavy atom. The van der Waals surface area contributed by atoms with E-state index in [9.17, 15) is 4.79 Å². The molecule has 1 amide bonds. The van der Waals surface area contributed by atoms with Gasteiger partial charge in [-0.25, -0.2) is 4.79 Å². The third kappa shape index (κ3) is 2.29. The van der Waals surface area contributed by atoms with Crippen molar-refractivity contribution in [3.05, 3.63) is 18.0 Å². The van der Waals surface area contributed by atoms with Gasteiger partial charge in [-0.1, -0.05) is 0 Å². The summed E-state index contributed by atoms with van der Waals surface area (Å²) in [6.07, 6.45) is 0.731. The fourth-order valence-corrected chi connectivity index (χ4v) is 0.724. The number of nitrogens with one attached hydrogen (secondary N) is 1. The smallest absolute Gasteiger partial charge is 0.404 e. The lowest BCUT2D eigenvalue weighted by Crippen LogP contribution is -2.20. The molecule has 2 N–H and O–H groups in total. The van der Waals surface area contributed by atoms with Gasteiger partial charge >= 0.3 is 6.09 Å². The quantitative estimate of drug-likeness (QED) is 0.640. The first-order valence-corrected chi connectivity index (χ1v) is 3.14. The normalized spacial score (nSPS) is 9.55. The lowest BCUT2D eigenvalue weighted by Gasteiger charge is -1.94. The molecule has 0 spiro atoms. The number of carbonyl (C=O) groups is 1. The second kappa shape index (κ2) is 3.05. The molecule has 11 heavy (non-hydrogen) atoms. The number of hydrogen-bond acceptors (Lipinski definition) is 2. The number of hydrogen-bond donors (Lipinski definition) is 2. The Morgan fingerprint density at radius 2 is 2.64 bits per heavy atom. The van der Waals surface area contributed by atoms with Crippen LogP contribution in [0.5, 0.6) is 0 Å². The van der Waals surface area contributed by atoms with Crippen LogP contribution in [-0.4, -0.2) is 21.0 Å². The molecule has 0 aliphatic carbocycles. The van der Waals surface area contributed by atoms with Crippen LogP contribution in [-0.2, 0) is 13.6 Å². The summed E-state index contributed by atoms with van der Waals surface area (Å²) in [5, 5.41) is 14.4. The summed E-state index contributed by atoms with van der Waals surface area (Å²) in [6, 6.07) is 1.76. The number of amides is 1. The van der Waals surface area contributed by atoms with Gasteiger partial charge in [-0.15, -0.1) is 0 Å². The van der Waals surface area contributed by atoms with Gasteiger partial charge in [0.05, 0.1) is 12.2 Å². The van der Waals surface area contributed by atoms with E-state index in [0.717, 1.165) is 5.69 Å². The standard InChI is InChI=1S/C6H9N3O2/c1-9-3-2-5(8-9)4-7-6(10)11/h2-3,7H,4H2,1H3,(H,10,11). The minimum atomic E-state index is -1.03. The Labute approximate surface area is 63.6 Å². The van der Waals surface area contributed by atoms with Crippen LogP contribution in [0.4, 0.5) is 4.79 Å². The minimum absolute atomic E-state index is 0.260. The highest BCUT2D eigenvalue weighted by Gasteiger charge is 1.97. The van der Waals surface area contributed by atoms with Crippen LogP contribution in [0.1, 0.15) is 5.69 Å². The van der Waals surface area contributed by atoms with E-state index in [1.54, 1.807) is 24.0 Å². The first-order chi connectivity index (χ1) is 5.18. The first kappa shape index (κ1) is 7.59. The molecule has 0 aliphatic heterocycles. The van der Waals surface area contributed by atoms with E-state index in [-0.39, 0.29) is 6.54 Å². The van der Waals surface area contributed by atoms with Crippen LogP contribution in [0.3, 0.4) is 0 Å². The zero-order valence-corrected chi connectivity index (χ0v) is 6.11. The number of carboxylic acid groups (broad SMARTS) is 1. The predicted octanol–water partition coefficient (Wildman–Crippen LogP) is 0.188. The van der Waals surface area contributed by atoms with Crippen molar-refractivity contribution in [2.75, 3.05) is 0 Å². The molecule has 0 bridgehead atoms. The van der Waals surface area contributed by atoms with E-state index >= 15 is 0 Å². The molecule has 0 aromatic carbocycles. The lowest BCUT2D eigenvalue weighted by atomic mass is 10.4. The monoisotopic (exact) mass is 155 g/mol. The van der Waals surface area contributed by atoms with Crippen LogP contribution in [0.2, 0.25) is 0 Å². The van der Waals surface area contributed by atoms with E-state index in [2.05, 4.69) is 10.4 Å². The first-order valence-electron chi connectivity index (χ1n) is 3.14. The molecule has 5 nitrogen and oxygen atoms in total. The van der Waals surface area contributed by atoms with E-state index in [1.165, 1.54) is 0 Å². The number of aromatic nitrogens is 2. The van der Waals surface area contributed by atoms with Gasteiger partial charge in [0.2, 0.25) is 0 Å². The van der Waals surface area contributed by atoms with Gasteiger partial charge in [-0.2, -0.15) is 5.10 Å². The Bertz CT molecular complexity index is 256. The van der Waals surface area contributed by atoms with Gasteiger partial charge < -0.3 is 10.4 Å². The van der Waals surface area contributed by atoms with E-state index in [0.29, 0.717) is 0 Å². The van der Waals surface area contributed by atoms with Crippen molar-refractivity contribution in [3.8, 4) is 0 Å². The molecule has 5 heteroatoms. The molecule has 0 radical (unpaired) electrons. The zero-order chi connectivity index (χ0) is 8.27. The summed E-state index contributed by atoms with van der Waals surface area (Å²) in [6.45, 7) is 0.260. The fraction of sp³-hybridized carbons (Fsp3) is 0.333. The Hall–Kier alpha value is -1.52. The molecule has 0 unspecified atom stereocenters. The number of aryl methyl sites for hydroxylation is 1. The molecular formula is C6H9N3O2. The van der Waals surface area contributed by atoms with Gasteiger partial charge in [0.1, 0.15) is 0 Å². The molecule has 1 heterocycles. The third-order valence-electron chi connectivity index (χ3n) is 1.19. The highest BCUT2D eigenvalue weighted by atomic mass is 16.4. The minimum Gasteiger partial charge on any atom is -0.465 e.